The second-order valence-electron chi connectivity index (χ2n) is 5.97. The summed E-state index contributed by atoms with van der Waals surface area (Å²) in [6.07, 6.45) is 0. The summed E-state index contributed by atoms with van der Waals surface area (Å²) < 4.78 is 1.54. The second-order valence-corrected chi connectivity index (χ2v) is 5.97. The zero-order valence-electron chi connectivity index (χ0n) is 13.1. The molecule has 1 fully saturated rings. The molecule has 1 N–H and O–H groups in total. The molecule has 1 aromatic heterocycles. The predicted molar refractivity (Wildman–Crippen MR) is 84.2 cm³/mol. The van der Waals surface area contributed by atoms with Crippen LogP contribution in [0.4, 0.5) is 0 Å². The minimum atomic E-state index is -0.865. The molecule has 6 nitrogen and oxygen atoms in total. The average molecular weight is 313 g/mol. The van der Waals surface area contributed by atoms with Gasteiger partial charge in [-0.3, -0.25) is 14.3 Å². The molecule has 6 heteroatoms. The quantitative estimate of drug-likeness (QED) is 0.935. The van der Waals surface area contributed by atoms with Crippen molar-refractivity contribution in [3.63, 3.8) is 0 Å². The Kier molecular flexibility index (Phi) is 3.90. The molecule has 0 spiro atoms. The van der Waals surface area contributed by atoms with Crippen molar-refractivity contribution in [3.8, 4) is 0 Å². The van der Waals surface area contributed by atoms with Gasteiger partial charge in [-0.1, -0.05) is 30.3 Å². The summed E-state index contributed by atoms with van der Waals surface area (Å²) in [6.45, 7) is 2.45. The van der Waals surface area contributed by atoms with E-state index in [-0.39, 0.29) is 18.4 Å². The third-order valence-electron chi connectivity index (χ3n) is 4.37. The average Bonchev–Trinajstić information content (AvgIpc) is 3.11. The molecule has 1 saturated heterocycles. The fraction of sp³-hybridized carbons (Fsp3) is 0.353. The number of rotatable bonds is 3. The van der Waals surface area contributed by atoms with Crippen LogP contribution in [0.5, 0.6) is 0 Å². The van der Waals surface area contributed by atoms with Crippen LogP contribution in [0.15, 0.2) is 36.4 Å². The number of carbonyl (C=O) groups excluding carboxylic acids is 1. The molecule has 3 rings (SSSR count). The van der Waals surface area contributed by atoms with Gasteiger partial charge in [-0.05, 0) is 18.6 Å². The van der Waals surface area contributed by atoms with Crippen LogP contribution in [0, 0.1) is 12.8 Å². The van der Waals surface area contributed by atoms with Crippen molar-refractivity contribution in [3.05, 3.63) is 53.3 Å². The molecule has 23 heavy (non-hydrogen) atoms. The number of aryl methyl sites for hydroxylation is 2. The lowest BCUT2D eigenvalue weighted by atomic mass is 9.89. The Morgan fingerprint density at radius 1 is 1.22 bits per heavy atom. The summed E-state index contributed by atoms with van der Waals surface area (Å²) in [5.74, 6) is -1.81. The molecule has 2 atom stereocenters. The second kappa shape index (κ2) is 5.87. The molecular weight excluding hydrogens is 294 g/mol. The maximum atomic E-state index is 12.7. The standard InChI is InChI=1S/C17H19N3O3/c1-11-8-15(19(2)18-11)16(21)20-9-13(14(10-20)17(22)23)12-6-4-3-5-7-12/h3-8,13-14H,9-10H2,1-2H3,(H,22,23). The van der Waals surface area contributed by atoms with Crippen LogP contribution in [0.1, 0.15) is 27.7 Å². The Morgan fingerprint density at radius 3 is 2.48 bits per heavy atom. The lowest BCUT2D eigenvalue weighted by Crippen LogP contribution is -2.31. The van der Waals surface area contributed by atoms with Crippen molar-refractivity contribution in [1.29, 1.82) is 0 Å². The van der Waals surface area contributed by atoms with Crippen LogP contribution < -0.4 is 0 Å². The van der Waals surface area contributed by atoms with E-state index in [0.29, 0.717) is 12.2 Å². The topological polar surface area (TPSA) is 75.4 Å². The van der Waals surface area contributed by atoms with Gasteiger partial charge < -0.3 is 10.0 Å². The number of benzene rings is 1. The van der Waals surface area contributed by atoms with E-state index in [1.807, 2.05) is 37.3 Å². The number of hydrogen-bond acceptors (Lipinski definition) is 3. The number of carboxylic acid groups (broad SMARTS) is 1. The SMILES string of the molecule is Cc1cc(C(=O)N2CC(C(=O)O)C(c3ccccc3)C2)n(C)n1. The molecular formula is C17H19N3O3. The van der Waals surface area contributed by atoms with Crippen molar-refractivity contribution < 1.29 is 14.7 Å². The van der Waals surface area contributed by atoms with Crippen molar-refractivity contribution in [2.75, 3.05) is 13.1 Å². The third-order valence-corrected chi connectivity index (χ3v) is 4.37. The number of hydrogen-bond donors (Lipinski definition) is 1. The van der Waals surface area contributed by atoms with Gasteiger partial charge in [0, 0.05) is 26.1 Å². The van der Waals surface area contributed by atoms with Gasteiger partial charge in [0.15, 0.2) is 0 Å². The van der Waals surface area contributed by atoms with Gasteiger partial charge in [0.05, 0.1) is 11.6 Å². The van der Waals surface area contributed by atoms with Gasteiger partial charge in [-0.25, -0.2) is 0 Å². The van der Waals surface area contributed by atoms with Crippen LogP contribution in [0.2, 0.25) is 0 Å². The minimum absolute atomic E-state index is 0.169. The van der Waals surface area contributed by atoms with Crippen LogP contribution in [0.3, 0.4) is 0 Å². The van der Waals surface area contributed by atoms with E-state index >= 15 is 0 Å². The molecule has 1 aromatic carbocycles. The summed E-state index contributed by atoms with van der Waals surface area (Å²) in [7, 11) is 1.72. The predicted octanol–water partition coefficient (Wildman–Crippen LogP) is 1.67. The first-order valence-corrected chi connectivity index (χ1v) is 7.55. The van der Waals surface area contributed by atoms with E-state index in [4.69, 9.17) is 0 Å². The normalized spacial score (nSPS) is 20.7. The Labute approximate surface area is 134 Å². The summed E-state index contributed by atoms with van der Waals surface area (Å²) in [5.41, 5.74) is 2.21. The Bertz CT molecular complexity index is 739. The van der Waals surface area contributed by atoms with Crippen molar-refractivity contribution in [2.45, 2.75) is 12.8 Å². The van der Waals surface area contributed by atoms with Gasteiger partial charge in [-0.2, -0.15) is 5.10 Å². The van der Waals surface area contributed by atoms with Gasteiger partial charge in [-0.15, -0.1) is 0 Å². The van der Waals surface area contributed by atoms with Gasteiger partial charge in [0.2, 0.25) is 0 Å². The zero-order valence-corrected chi connectivity index (χ0v) is 13.1. The third kappa shape index (κ3) is 2.84. The fourth-order valence-electron chi connectivity index (χ4n) is 3.23. The smallest absolute Gasteiger partial charge is 0.308 e. The summed E-state index contributed by atoms with van der Waals surface area (Å²) in [6, 6.07) is 11.3. The maximum absolute atomic E-state index is 12.7. The minimum Gasteiger partial charge on any atom is -0.481 e. The van der Waals surface area contributed by atoms with Crippen molar-refractivity contribution >= 4 is 11.9 Å². The summed E-state index contributed by atoms with van der Waals surface area (Å²) >= 11 is 0. The van der Waals surface area contributed by atoms with Crippen LogP contribution in [-0.4, -0.2) is 44.8 Å². The number of amides is 1. The van der Waals surface area contributed by atoms with Gasteiger partial charge in [0.25, 0.3) is 5.91 Å². The molecule has 1 aliphatic heterocycles. The van der Waals surface area contributed by atoms with Crippen LogP contribution in [0.25, 0.3) is 0 Å². The van der Waals surface area contributed by atoms with E-state index in [2.05, 4.69) is 5.10 Å². The molecule has 1 aliphatic rings. The van der Waals surface area contributed by atoms with Gasteiger partial charge in [0.1, 0.15) is 5.69 Å². The van der Waals surface area contributed by atoms with Crippen molar-refractivity contribution in [2.24, 2.45) is 13.0 Å². The molecule has 0 saturated carbocycles. The molecule has 1 amide bonds. The lowest BCUT2D eigenvalue weighted by molar-refractivity contribution is -0.141. The Hall–Kier alpha value is -2.63. The molecule has 0 bridgehead atoms. The summed E-state index contributed by atoms with van der Waals surface area (Å²) in [5, 5.41) is 13.7. The largest absolute Gasteiger partial charge is 0.481 e. The number of likely N-dealkylation sites (tertiary alicyclic amines) is 1. The lowest BCUT2D eigenvalue weighted by Gasteiger charge is -2.16. The fourth-order valence-corrected chi connectivity index (χ4v) is 3.23. The van der Waals surface area contributed by atoms with E-state index < -0.39 is 11.9 Å². The number of aromatic nitrogens is 2. The first-order valence-electron chi connectivity index (χ1n) is 7.55. The highest BCUT2D eigenvalue weighted by atomic mass is 16.4. The Balaban J connectivity index is 1.87. The molecule has 0 radical (unpaired) electrons. The number of carboxylic acids is 1. The molecule has 2 aromatic rings. The number of aliphatic carboxylic acids is 1. The first kappa shape index (κ1) is 15.3. The highest BCUT2D eigenvalue weighted by Crippen LogP contribution is 2.33. The van der Waals surface area contributed by atoms with E-state index in [0.717, 1.165) is 11.3 Å². The monoisotopic (exact) mass is 313 g/mol. The zero-order chi connectivity index (χ0) is 16.6. The van der Waals surface area contributed by atoms with E-state index in [9.17, 15) is 14.7 Å². The van der Waals surface area contributed by atoms with Crippen molar-refractivity contribution in [1.82, 2.24) is 14.7 Å². The molecule has 2 unspecified atom stereocenters. The molecule has 0 aliphatic carbocycles. The Morgan fingerprint density at radius 2 is 1.91 bits per heavy atom. The van der Waals surface area contributed by atoms with Gasteiger partial charge >= 0.3 is 5.97 Å². The number of carbonyl (C=O) groups is 2. The first-order chi connectivity index (χ1) is 11.0. The summed E-state index contributed by atoms with van der Waals surface area (Å²) in [4.78, 5) is 25.9. The number of nitrogens with zero attached hydrogens (tertiary/aromatic N) is 3. The van der Waals surface area contributed by atoms with Crippen LogP contribution in [-0.2, 0) is 11.8 Å². The maximum Gasteiger partial charge on any atom is 0.308 e. The molecule has 2 heterocycles. The van der Waals surface area contributed by atoms with Crippen LogP contribution >= 0.6 is 0 Å². The van der Waals surface area contributed by atoms with E-state index in [1.54, 1.807) is 22.7 Å². The van der Waals surface area contributed by atoms with E-state index in [1.165, 1.54) is 0 Å². The highest BCUT2D eigenvalue weighted by Gasteiger charge is 2.41. The molecule has 120 valence electrons. The highest BCUT2D eigenvalue weighted by molar-refractivity contribution is 5.93.